The lowest BCUT2D eigenvalue weighted by Crippen LogP contribution is -2.59. The second kappa shape index (κ2) is 16.5. The topological polar surface area (TPSA) is 311 Å². The first kappa shape index (κ1) is 36.7. The van der Waals surface area contributed by atoms with Crippen molar-refractivity contribution in [3.05, 3.63) is 40.2 Å². The molecule has 0 radical (unpaired) electrons. The number of anilines is 1. The Hall–Kier alpha value is -5.52. The first-order valence-corrected chi connectivity index (χ1v) is 13.9. The molecule has 0 spiro atoms. The van der Waals surface area contributed by atoms with E-state index >= 15 is 0 Å². The number of amides is 4. The molecule has 2 aromatic rings. The predicted octanol–water partition coefficient (Wildman–Crippen LogP) is -1.76. The quantitative estimate of drug-likeness (QED) is 0.0678. The average molecular weight is 649 g/mol. The van der Waals surface area contributed by atoms with Crippen molar-refractivity contribution in [1.29, 1.82) is 0 Å². The van der Waals surface area contributed by atoms with Crippen molar-refractivity contribution in [1.82, 2.24) is 21.3 Å². The summed E-state index contributed by atoms with van der Waals surface area (Å²) in [5, 5.41) is 37.1. The van der Waals surface area contributed by atoms with Crippen molar-refractivity contribution in [2.45, 2.75) is 70.2 Å². The second-order valence-electron chi connectivity index (χ2n) is 10.7. The third-order valence-electron chi connectivity index (χ3n) is 6.58. The molecule has 4 amide bonds. The summed E-state index contributed by atoms with van der Waals surface area (Å²) in [6.07, 6.45) is -2.66. The fourth-order valence-electron chi connectivity index (χ4n) is 4.23. The van der Waals surface area contributed by atoms with Gasteiger partial charge in [-0.3, -0.25) is 33.6 Å². The van der Waals surface area contributed by atoms with Crippen LogP contribution >= 0.6 is 0 Å². The van der Waals surface area contributed by atoms with E-state index in [1.165, 1.54) is 19.9 Å². The summed E-state index contributed by atoms with van der Waals surface area (Å²) < 4.78 is 5.12. The predicted molar refractivity (Wildman–Crippen MR) is 159 cm³/mol. The number of carboxylic acids is 3. The van der Waals surface area contributed by atoms with Crippen molar-refractivity contribution in [3.63, 3.8) is 0 Å². The van der Waals surface area contributed by atoms with Crippen LogP contribution in [-0.4, -0.2) is 81.0 Å². The van der Waals surface area contributed by atoms with Crippen LogP contribution < -0.4 is 38.4 Å². The van der Waals surface area contributed by atoms with Crippen molar-refractivity contribution in [3.8, 4) is 0 Å². The van der Waals surface area contributed by atoms with Gasteiger partial charge in [-0.2, -0.15) is 0 Å². The van der Waals surface area contributed by atoms with E-state index in [0.29, 0.717) is 16.6 Å². The van der Waals surface area contributed by atoms with Gasteiger partial charge in [-0.05, 0) is 30.0 Å². The first-order chi connectivity index (χ1) is 21.5. The van der Waals surface area contributed by atoms with Gasteiger partial charge in [0, 0.05) is 36.2 Å². The van der Waals surface area contributed by atoms with Crippen molar-refractivity contribution < 1.29 is 53.3 Å². The van der Waals surface area contributed by atoms with Crippen molar-refractivity contribution in [2.75, 3.05) is 5.73 Å². The molecule has 1 aromatic heterocycles. The van der Waals surface area contributed by atoms with Gasteiger partial charge in [0.05, 0.1) is 18.9 Å². The van der Waals surface area contributed by atoms with E-state index in [4.69, 9.17) is 26.1 Å². The van der Waals surface area contributed by atoms with Crippen LogP contribution in [-0.2, 0) is 40.1 Å². The Morgan fingerprint density at radius 2 is 1.43 bits per heavy atom. The average Bonchev–Trinajstić information content (AvgIpc) is 2.94. The number of aliphatic carboxylic acids is 3. The molecule has 11 N–H and O–H groups in total. The maximum Gasteiger partial charge on any atom is 0.336 e. The van der Waals surface area contributed by atoms with Crippen LogP contribution in [0.5, 0.6) is 0 Å². The molecule has 2 rings (SSSR count). The molecule has 0 fully saturated rings. The molecule has 0 bridgehead atoms. The molecule has 18 heteroatoms. The number of nitrogen functional groups attached to an aromatic ring is 1. The van der Waals surface area contributed by atoms with E-state index in [1.54, 1.807) is 12.1 Å². The monoisotopic (exact) mass is 648 g/mol. The minimum atomic E-state index is -1.64. The van der Waals surface area contributed by atoms with E-state index in [2.05, 4.69) is 21.3 Å². The van der Waals surface area contributed by atoms with Gasteiger partial charge in [0.15, 0.2) is 0 Å². The molecule has 4 atom stereocenters. The molecule has 0 saturated heterocycles. The molecular formula is C28H36N6O12. The number of hydrogen-bond acceptors (Lipinski definition) is 11. The van der Waals surface area contributed by atoms with E-state index in [0.717, 1.165) is 6.07 Å². The Kier molecular flexibility index (Phi) is 13.2. The van der Waals surface area contributed by atoms with Gasteiger partial charge in [-0.1, -0.05) is 13.8 Å². The van der Waals surface area contributed by atoms with Gasteiger partial charge in [0.2, 0.25) is 23.6 Å². The van der Waals surface area contributed by atoms with Crippen LogP contribution in [0.2, 0.25) is 0 Å². The summed E-state index contributed by atoms with van der Waals surface area (Å²) >= 11 is 0. The first-order valence-electron chi connectivity index (χ1n) is 13.9. The van der Waals surface area contributed by atoms with Crippen LogP contribution in [0.3, 0.4) is 0 Å². The zero-order valence-electron chi connectivity index (χ0n) is 24.9. The molecule has 18 nitrogen and oxygen atoms in total. The molecule has 0 aliphatic carbocycles. The van der Waals surface area contributed by atoms with Crippen LogP contribution in [0, 0.1) is 5.92 Å². The van der Waals surface area contributed by atoms with E-state index in [1.807, 2.05) is 0 Å². The minimum Gasteiger partial charge on any atom is -0.481 e. The van der Waals surface area contributed by atoms with Gasteiger partial charge in [-0.25, -0.2) is 4.79 Å². The van der Waals surface area contributed by atoms with E-state index < -0.39 is 103 Å². The summed E-state index contributed by atoms with van der Waals surface area (Å²) in [5.74, 6) is -8.78. The van der Waals surface area contributed by atoms with Crippen molar-refractivity contribution >= 4 is 58.2 Å². The maximum absolute atomic E-state index is 13.3. The molecule has 1 aromatic carbocycles. The van der Waals surface area contributed by atoms with Gasteiger partial charge < -0.3 is 52.5 Å². The smallest absolute Gasteiger partial charge is 0.336 e. The molecular weight excluding hydrogens is 612 g/mol. The summed E-state index contributed by atoms with van der Waals surface area (Å²) in [5.41, 5.74) is 11.3. The summed E-state index contributed by atoms with van der Waals surface area (Å²) in [6, 6.07) is -0.483. The Bertz CT molecular complexity index is 1560. The number of carboxylic acid groups (broad SMARTS) is 3. The lowest BCUT2D eigenvalue weighted by atomic mass is 10.0. The standard InChI is InChI=1S/C28H36N6O12/c1-12(2)24(34-27(44)17(5-6-20(35)36)32-25(42)16(30)9-21(37)38)28(45)33-18(10-22(39)40)26(43)31-11-13-7-23(41)46-19-8-14(29)3-4-15(13)19/h3-4,7-8,12,16-18,24H,5-6,9-11,29-30H2,1-2H3,(H,31,43)(H,32,42)(H,33,45)(H,34,44)(H,35,36)(H,37,38)(H,39,40)/t16-,17-,18-,24-/m0/s1. The van der Waals surface area contributed by atoms with Gasteiger partial charge in [0.25, 0.3) is 0 Å². The molecule has 0 aliphatic heterocycles. The Labute approximate surface area is 260 Å². The highest BCUT2D eigenvalue weighted by atomic mass is 16.4. The Morgan fingerprint density at radius 1 is 0.804 bits per heavy atom. The van der Waals surface area contributed by atoms with Crippen LogP contribution in [0.1, 0.15) is 45.1 Å². The second-order valence-corrected chi connectivity index (χ2v) is 10.7. The fourth-order valence-corrected chi connectivity index (χ4v) is 4.23. The number of rotatable bonds is 17. The van der Waals surface area contributed by atoms with Crippen LogP contribution in [0.25, 0.3) is 11.0 Å². The zero-order chi connectivity index (χ0) is 34.7. The van der Waals surface area contributed by atoms with Crippen molar-refractivity contribution in [2.24, 2.45) is 11.7 Å². The number of nitrogens with one attached hydrogen (secondary N) is 4. The molecule has 0 unspecified atom stereocenters. The minimum absolute atomic E-state index is 0.157. The number of nitrogens with two attached hydrogens (primary N) is 2. The zero-order valence-corrected chi connectivity index (χ0v) is 24.9. The van der Waals surface area contributed by atoms with Gasteiger partial charge in [0.1, 0.15) is 23.7 Å². The van der Waals surface area contributed by atoms with Gasteiger partial charge >= 0.3 is 23.5 Å². The lowest BCUT2D eigenvalue weighted by molar-refractivity contribution is -0.142. The van der Waals surface area contributed by atoms with Crippen LogP contribution in [0.15, 0.2) is 33.5 Å². The van der Waals surface area contributed by atoms with E-state index in [9.17, 15) is 43.5 Å². The molecule has 250 valence electrons. The summed E-state index contributed by atoms with van der Waals surface area (Å²) in [4.78, 5) is 97.3. The largest absolute Gasteiger partial charge is 0.481 e. The summed E-state index contributed by atoms with van der Waals surface area (Å²) in [7, 11) is 0. The third kappa shape index (κ3) is 11.2. The lowest BCUT2D eigenvalue weighted by Gasteiger charge is -2.27. The van der Waals surface area contributed by atoms with E-state index in [-0.39, 0.29) is 12.1 Å². The fraction of sp³-hybridized carbons (Fsp3) is 0.429. The highest BCUT2D eigenvalue weighted by Gasteiger charge is 2.33. The highest BCUT2D eigenvalue weighted by Crippen LogP contribution is 2.19. The number of hydrogen-bond donors (Lipinski definition) is 9. The molecule has 0 aliphatic rings. The Morgan fingerprint density at radius 3 is 2.02 bits per heavy atom. The number of carbonyl (C=O) groups is 7. The normalized spacial score (nSPS) is 13.6. The molecule has 46 heavy (non-hydrogen) atoms. The molecule has 0 saturated carbocycles. The number of benzene rings is 1. The Balaban J connectivity index is 2.21. The third-order valence-corrected chi connectivity index (χ3v) is 6.58. The number of fused-ring (bicyclic) bond motifs is 1. The maximum atomic E-state index is 13.3. The van der Waals surface area contributed by atoms with Gasteiger partial charge in [-0.15, -0.1) is 0 Å². The SMILES string of the molecule is CC(C)[C@H](NC(=O)[C@H](CCC(=O)O)NC(=O)[C@@H](N)CC(=O)O)C(=O)N[C@@H](CC(=O)O)C(=O)NCc1cc(=O)oc2cc(N)ccc12. The highest BCUT2D eigenvalue weighted by molar-refractivity contribution is 5.96. The number of carbonyl (C=O) groups excluding carboxylic acids is 4. The molecule has 1 heterocycles. The van der Waals surface area contributed by atoms with Crippen LogP contribution in [0.4, 0.5) is 5.69 Å². The summed E-state index contributed by atoms with van der Waals surface area (Å²) in [6.45, 7) is 2.78.